The van der Waals surface area contributed by atoms with Gasteiger partial charge in [0.25, 0.3) is 0 Å². The van der Waals surface area contributed by atoms with Gasteiger partial charge in [-0.05, 0) is 45.4 Å². The average Bonchev–Trinajstić information content (AvgIpc) is 2.85. The third-order valence-corrected chi connectivity index (χ3v) is 5.35. The zero-order chi connectivity index (χ0) is 11.6. The maximum Gasteiger partial charge on any atom is 0.215 e. The molecule has 0 spiro atoms. The maximum absolute atomic E-state index is 12.0. The molecule has 2 saturated heterocycles. The van der Waals surface area contributed by atoms with Crippen LogP contribution in [0.25, 0.3) is 0 Å². The smallest absolute Gasteiger partial charge is 0.215 e. The second-order valence-corrected chi connectivity index (χ2v) is 6.97. The van der Waals surface area contributed by atoms with E-state index in [9.17, 15) is 8.42 Å². The van der Waals surface area contributed by atoms with Crippen LogP contribution >= 0.6 is 0 Å². The minimum atomic E-state index is -3.10. The Morgan fingerprint density at radius 1 is 1.44 bits per heavy atom. The van der Waals surface area contributed by atoms with Gasteiger partial charge in [-0.1, -0.05) is 0 Å². The highest BCUT2D eigenvalue weighted by molar-refractivity contribution is 7.90. The highest BCUT2D eigenvalue weighted by Crippen LogP contribution is 2.15. The van der Waals surface area contributed by atoms with Gasteiger partial charge in [-0.3, -0.25) is 0 Å². The van der Waals surface area contributed by atoms with Crippen molar-refractivity contribution in [3.05, 3.63) is 0 Å². The van der Waals surface area contributed by atoms with Gasteiger partial charge in [-0.25, -0.2) is 13.1 Å². The topological polar surface area (TPSA) is 61.4 Å². The first-order chi connectivity index (χ1) is 7.58. The van der Waals surface area contributed by atoms with Crippen LogP contribution in [0.4, 0.5) is 0 Å². The van der Waals surface area contributed by atoms with E-state index in [4.69, 9.17) is 0 Å². The summed E-state index contributed by atoms with van der Waals surface area (Å²) in [7, 11) is -1.13. The molecule has 0 aromatic carbocycles. The monoisotopic (exact) mass is 247 g/mol. The predicted octanol–water partition coefficient (Wildman–Crippen LogP) is -0.781. The van der Waals surface area contributed by atoms with E-state index in [1.807, 2.05) is 7.05 Å². The molecule has 2 aliphatic rings. The molecule has 16 heavy (non-hydrogen) atoms. The molecule has 0 saturated carbocycles. The summed E-state index contributed by atoms with van der Waals surface area (Å²) in [5.41, 5.74) is 0. The van der Waals surface area contributed by atoms with Gasteiger partial charge in [-0.2, -0.15) is 0 Å². The second-order valence-electron chi connectivity index (χ2n) is 4.93. The third-order valence-electron chi connectivity index (χ3n) is 3.52. The Balaban J connectivity index is 1.82. The highest BCUT2D eigenvalue weighted by atomic mass is 32.2. The molecule has 2 atom stereocenters. The van der Waals surface area contributed by atoms with Crippen LogP contribution in [0.3, 0.4) is 0 Å². The molecule has 0 aromatic heterocycles. The van der Waals surface area contributed by atoms with Gasteiger partial charge in [0, 0.05) is 13.1 Å². The standard InChI is InChI=1S/C10H21N3O2S/c1-13-5-3-10(8-13)16(14,15)12-7-9-2-4-11-6-9/h9-12H,2-8H2,1H3. The number of rotatable bonds is 4. The Morgan fingerprint density at radius 2 is 2.25 bits per heavy atom. The highest BCUT2D eigenvalue weighted by Gasteiger charge is 2.31. The SMILES string of the molecule is CN1CCC(S(=O)(=O)NCC2CCNC2)C1. The fourth-order valence-electron chi connectivity index (χ4n) is 2.39. The van der Waals surface area contributed by atoms with Crippen molar-refractivity contribution in [3.8, 4) is 0 Å². The summed E-state index contributed by atoms with van der Waals surface area (Å²) in [4.78, 5) is 2.07. The van der Waals surface area contributed by atoms with E-state index < -0.39 is 10.0 Å². The molecule has 0 aromatic rings. The molecule has 2 aliphatic heterocycles. The van der Waals surface area contributed by atoms with Crippen molar-refractivity contribution in [2.45, 2.75) is 18.1 Å². The van der Waals surface area contributed by atoms with Crippen molar-refractivity contribution in [2.75, 3.05) is 39.8 Å². The molecule has 94 valence electrons. The van der Waals surface area contributed by atoms with Gasteiger partial charge >= 0.3 is 0 Å². The van der Waals surface area contributed by atoms with E-state index in [1.54, 1.807) is 0 Å². The predicted molar refractivity (Wildman–Crippen MR) is 63.8 cm³/mol. The summed E-state index contributed by atoms with van der Waals surface area (Å²) in [6.45, 7) is 4.09. The van der Waals surface area contributed by atoms with Crippen molar-refractivity contribution < 1.29 is 8.42 Å². The lowest BCUT2D eigenvalue weighted by Crippen LogP contribution is -2.38. The van der Waals surface area contributed by atoms with Gasteiger partial charge in [-0.15, -0.1) is 0 Å². The molecule has 6 heteroatoms. The Bertz CT molecular complexity index is 325. The molecule has 2 rings (SSSR count). The van der Waals surface area contributed by atoms with E-state index in [2.05, 4.69) is 14.9 Å². The molecular formula is C10H21N3O2S. The Hall–Kier alpha value is -0.170. The van der Waals surface area contributed by atoms with Gasteiger partial charge in [0.15, 0.2) is 0 Å². The average molecular weight is 247 g/mol. The van der Waals surface area contributed by atoms with Crippen molar-refractivity contribution in [2.24, 2.45) is 5.92 Å². The first kappa shape index (κ1) is 12.3. The van der Waals surface area contributed by atoms with Crippen LogP contribution in [-0.4, -0.2) is 58.3 Å². The summed E-state index contributed by atoms with van der Waals surface area (Å²) >= 11 is 0. The number of hydrogen-bond acceptors (Lipinski definition) is 4. The van der Waals surface area contributed by atoms with Gasteiger partial charge < -0.3 is 10.2 Å². The minimum absolute atomic E-state index is 0.216. The van der Waals surface area contributed by atoms with Crippen LogP contribution in [0.1, 0.15) is 12.8 Å². The van der Waals surface area contributed by atoms with Gasteiger partial charge in [0.05, 0.1) is 5.25 Å². The van der Waals surface area contributed by atoms with E-state index in [0.29, 0.717) is 19.0 Å². The molecule has 0 aliphatic carbocycles. The number of likely N-dealkylation sites (tertiary alicyclic amines) is 1. The molecule has 0 bridgehead atoms. The molecule has 0 amide bonds. The van der Waals surface area contributed by atoms with Crippen molar-refractivity contribution in [3.63, 3.8) is 0 Å². The molecule has 0 radical (unpaired) electrons. The quantitative estimate of drug-likeness (QED) is 0.684. The third kappa shape index (κ3) is 2.94. The van der Waals surface area contributed by atoms with Crippen LogP contribution < -0.4 is 10.0 Å². The van der Waals surface area contributed by atoms with Crippen LogP contribution in [0, 0.1) is 5.92 Å². The summed E-state index contributed by atoms with van der Waals surface area (Å²) in [6.07, 6.45) is 1.84. The summed E-state index contributed by atoms with van der Waals surface area (Å²) in [5, 5.41) is 3.03. The van der Waals surface area contributed by atoms with Crippen LogP contribution in [0.5, 0.6) is 0 Å². The van der Waals surface area contributed by atoms with Gasteiger partial charge in [0.1, 0.15) is 0 Å². The molecule has 2 fully saturated rings. The fourth-order valence-corrected chi connectivity index (χ4v) is 3.96. The molecule has 2 heterocycles. The molecule has 2 N–H and O–H groups in total. The van der Waals surface area contributed by atoms with Crippen molar-refractivity contribution in [1.82, 2.24) is 14.9 Å². The van der Waals surface area contributed by atoms with Crippen molar-refractivity contribution >= 4 is 10.0 Å². The van der Waals surface area contributed by atoms with Gasteiger partial charge in [0.2, 0.25) is 10.0 Å². The van der Waals surface area contributed by atoms with Crippen molar-refractivity contribution in [1.29, 1.82) is 0 Å². The lowest BCUT2D eigenvalue weighted by molar-refractivity contribution is 0.416. The summed E-state index contributed by atoms with van der Waals surface area (Å²) in [6, 6.07) is 0. The Morgan fingerprint density at radius 3 is 2.81 bits per heavy atom. The molecular weight excluding hydrogens is 226 g/mol. The Labute approximate surface area is 97.6 Å². The summed E-state index contributed by atoms with van der Waals surface area (Å²) in [5.74, 6) is 0.467. The van der Waals surface area contributed by atoms with E-state index in [0.717, 1.165) is 32.5 Å². The number of nitrogens with one attached hydrogen (secondary N) is 2. The Kier molecular flexibility index (Phi) is 3.84. The normalized spacial score (nSPS) is 32.3. The number of sulfonamides is 1. The van der Waals surface area contributed by atoms with Crippen LogP contribution in [0.15, 0.2) is 0 Å². The fraction of sp³-hybridized carbons (Fsp3) is 1.00. The van der Waals surface area contributed by atoms with E-state index in [1.165, 1.54) is 0 Å². The molecule has 2 unspecified atom stereocenters. The first-order valence-electron chi connectivity index (χ1n) is 5.95. The lowest BCUT2D eigenvalue weighted by Gasteiger charge is -2.15. The lowest BCUT2D eigenvalue weighted by atomic mass is 10.1. The minimum Gasteiger partial charge on any atom is -0.316 e. The zero-order valence-electron chi connectivity index (χ0n) is 9.78. The molecule has 5 nitrogen and oxygen atoms in total. The largest absolute Gasteiger partial charge is 0.316 e. The summed E-state index contributed by atoms with van der Waals surface area (Å²) < 4.78 is 26.7. The van der Waals surface area contributed by atoms with Crippen LogP contribution in [-0.2, 0) is 10.0 Å². The van der Waals surface area contributed by atoms with E-state index in [-0.39, 0.29) is 5.25 Å². The van der Waals surface area contributed by atoms with E-state index >= 15 is 0 Å². The number of hydrogen-bond donors (Lipinski definition) is 2. The first-order valence-corrected chi connectivity index (χ1v) is 7.50. The zero-order valence-corrected chi connectivity index (χ0v) is 10.6. The van der Waals surface area contributed by atoms with Crippen LogP contribution in [0.2, 0.25) is 0 Å². The second kappa shape index (κ2) is 5.00. The number of nitrogens with zero attached hydrogens (tertiary/aromatic N) is 1. The maximum atomic E-state index is 12.0.